The lowest BCUT2D eigenvalue weighted by atomic mass is 9.78. The van der Waals surface area contributed by atoms with Gasteiger partial charge in [-0.05, 0) is 64.8 Å². The molecule has 1 heterocycles. The van der Waals surface area contributed by atoms with Gasteiger partial charge in [-0.1, -0.05) is 56.3 Å². The first-order chi connectivity index (χ1) is 11.7. The molecule has 1 aliphatic rings. The van der Waals surface area contributed by atoms with Crippen molar-refractivity contribution in [1.82, 2.24) is 0 Å². The zero-order valence-corrected chi connectivity index (χ0v) is 14.8. The smallest absolute Gasteiger partial charge is 0.0450 e. The zero-order chi connectivity index (χ0) is 16.7. The van der Waals surface area contributed by atoms with Gasteiger partial charge in [-0.25, -0.2) is 0 Å². The first kappa shape index (κ1) is 15.3. The molecule has 2 unspecified atom stereocenters. The van der Waals surface area contributed by atoms with E-state index < -0.39 is 0 Å². The summed E-state index contributed by atoms with van der Waals surface area (Å²) in [7, 11) is 2.22. The lowest BCUT2D eigenvalue weighted by molar-refractivity contribution is 0.515. The third-order valence-corrected chi connectivity index (χ3v) is 5.72. The molecule has 4 rings (SSSR count). The molecule has 3 aromatic rings. The minimum atomic E-state index is 0.570. The van der Waals surface area contributed by atoms with Crippen molar-refractivity contribution in [2.45, 2.75) is 38.5 Å². The van der Waals surface area contributed by atoms with Gasteiger partial charge in [0.2, 0.25) is 0 Å². The van der Waals surface area contributed by atoms with Crippen LogP contribution in [0.2, 0.25) is 0 Å². The summed E-state index contributed by atoms with van der Waals surface area (Å²) in [6.45, 7) is 4.66. The Labute approximate surface area is 144 Å². The molecule has 2 atom stereocenters. The Bertz CT molecular complexity index is 880. The van der Waals surface area contributed by atoms with Crippen LogP contribution in [0.1, 0.15) is 49.7 Å². The average molecular weight is 315 g/mol. The lowest BCUT2D eigenvalue weighted by Gasteiger charge is -2.25. The second kappa shape index (κ2) is 5.98. The monoisotopic (exact) mass is 315 g/mol. The van der Waals surface area contributed by atoms with Gasteiger partial charge in [-0.15, -0.1) is 0 Å². The maximum absolute atomic E-state index is 2.43. The number of hydrogen-bond donors (Lipinski definition) is 0. The quantitative estimate of drug-likeness (QED) is 0.514. The molecule has 0 spiro atoms. The molecule has 122 valence electrons. The number of fused-ring (bicyclic) bond motifs is 3. The third kappa shape index (κ3) is 2.23. The predicted octanol–water partition coefficient (Wildman–Crippen LogP) is 6.61. The Morgan fingerprint density at radius 2 is 1.29 bits per heavy atom. The standard InChI is InChI=1S/C23H25N/c1-4-18-19(5-2)21-14-16-10-6-7-11-17(16)15-23(21)24(3)22-13-9-8-12-20(18)22/h6-15,18-19H,4-5H2,1-3H3. The number of nitrogens with zero attached hydrogens (tertiary/aromatic N) is 1. The van der Waals surface area contributed by atoms with Gasteiger partial charge in [0.1, 0.15) is 0 Å². The highest BCUT2D eigenvalue weighted by Gasteiger charge is 2.31. The minimum Gasteiger partial charge on any atom is -0.344 e. The fraction of sp³-hybridized carbons (Fsp3) is 0.304. The van der Waals surface area contributed by atoms with Crippen molar-refractivity contribution >= 4 is 22.1 Å². The van der Waals surface area contributed by atoms with Crippen molar-refractivity contribution in [3.63, 3.8) is 0 Å². The normalized spacial score (nSPS) is 19.7. The first-order valence-corrected chi connectivity index (χ1v) is 9.10. The molecule has 0 saturated carbocycles. The first-order valence-electron chi connectivity index (χ1n) is 9.10. The summed E-state index contributed by atoms with van der Waals surface area (Å²) in [6, 6.07) is 22.5. The van der Waals surface area contributed by atoms with Crippen LogP contribution in [0.5, 0.6) is 0 Å². The highest BCUT2D eigenvalue weighted by atomic mass is 15.1. The Morgan fingerprint density at radius 3 is 2.00 bits per heavy atom. The summed E-state index contributed by atoms with van der Waals surface area (Å²) < 4.78 is 0. The van der Waals surface area contributed by atoms with Gasteiger partial charge in [-0.2, -0.15) is 0 Å². The maximum atomic E-state index is 2.43. The van der Waals surface area contributed by atoms with Crippen molar-refractivity contribution in [3.05, 3.63) is 71.8 Å². The second-order valence-corrected chi connectivity index (χ2v) is 6.91. The molecule has 0 bridgehead atoms. The topological polar surface area (TPSA) is 3.24 Å². The number of benzene rings is 3. The molecule has 0 radical (unpaired) electrons. The van der Waals surface area contributed by atoms with Crippen LogP contribution in [0.25, 0.3) is 10.8 Å². The Kier molecular flexibility index (Phi) is 3.80. The molecular formula is C23H25N. The van der Waals surface area contributed by atoms with E-state index in [0.717, 1.165) is 0 Å². The zero-order valence-electron chi connectivity index (χ0n) is 14.8. The number of rotatable bonds is 2. The van der Waals surface area contributed by atoms with Crippen LogP contribution < -0.4 is 4.90 Å². The van der Waals surface area contributed by atoms with Gasteiger partial charge in [0.25, 0.3) is 0 Å². The SMILES string of the molecule is CCC1c2ccccc2N(C)c2cc3ccccc3cc2C1CC. The largest absolute Gasteiger partial charge is 0.344 e. The minimum absolute atomic E-state index is 0.570. The maximum Gasteiger partial charge on any atom is 0.0450 e. The second-order valence-electron chi connectivity index (χ2n) is 6.91. The van der Waals surface area contributed by atoms with Crippen molar-refractivity contribution in [2.24, 2.45) is 0 Å². The molecule has 0 N–H and O–H groups in total. The van der Waals surface area contributed by atoms with E-state index in [0.29, 0.717) is 11.8 Å². The van der Waals surface area contributed by atoms with E-state index in [-0.39, 0.29) is 0 Å². The summed E-state index contributed by atoms with van der Waals surface area (Å²) in [6.07, 6.45) is 2.35. The van der Waals surface area contributed by atoms with Gasteiger partial charge in [-0.3, -0.25) is 0 Å². The highest BCUT2D eigenvalue weighted by molar-refractivity contribution is 5.89. The molecule has 1 heteroatoms. The Morgan fingerprint density at radius 1 is 0.708 bits per heavy atom. The van der Waals surface area contributed by atoms with Crippen molar-refractivity contribution in [2.75, 3.05) is 11.9 Å². The fourth-order valence-electron chi connectivity index (χ4n) is 4.51. The van der Waals surface area contributed by atoms with Gasteiger partial charge in [0.15, 0.2) is 0 Å². The van der Waals surface area contributed by atoms with Gasteiger partial charge >= 0.3 is 0 Å². The van der Waals surface area contributed by atoms with Crippen LogP contribution in [0, 0.1) is 0 Å². The van der Waals surface area contributed by atoms with E-state index in [9.17, 15) is 0 Å². The molecule has 0 aromatic heterocycles. The molecule has 24 heavy (non-hydrogen) atoms. The lowest BCUT2D eigenvalue weighted by Crippen LogP contribution is -2.11. The van der Waals surface area contributed by atoms with E-state index in [1.807, 2.05) is 0 Å². The predicted molar refractivity (Wildman–Crippen MR) is 105 cm³/mol. The van der Waals surface area contributed by atoms with Gasteiger partial charge in [0.05, 0.1) is 0 Å². The summed E-state index contributed by atoms with van der Waals surface area (Å²) in [5.74, 6) is 1.15. The molecule has 1 aliphatic heterocycles. The molecule has 3 aromatic carbocycles. The number of para-hydroxylation sites is 1. The van der Waals surface area contributed by atoms with Crippen LogP contribution in [0.15, 0.2) is 60.7 Å². The molecule has 0 amide bonds. The van der Waals surface area contributed by atoms with Crippen molar-refractivity contribution < 1.29 is 0 Å². The molecule has 1 nitrogen and oxygen atoms in total. The van der Waals surface area contributed by atoms with Crippen molar-refractivity contribution in [3.8, 4) is 0 Å². The summed E-state index contributed by atoms with van der Waals surface area (Å²) >= 11 is 0. The Balaban J connectivity index is 2.04. The van der Waals surface area contributed by atoms with E-state index in [1.54, 1.807) is 0 Å². The van der Waals surface area contributed by atoms with E-state index in [4.69, 9.17) is 0 Å². The summed E-state index contributed by atoms with van der Waals surface area (Å²) in [4.78, 5) is 2.40. The third-order valence-electron chi connectivity index (χ3n) is 5.72. The van der Waals surface area contributed by atoms with E-state index >= 15 is 0 Å². The molecule has 0 aliphatic carbocycles. The van der Waals surface area contributed by atoms with Crippen LogP contribution in [-0.4, -0.2) is 7.05 Å². The molecule has 0 fully saturated rings. The van der Waals surface area contributed by atoms with Gasteiger partial charge in [0, 0.05) is 18.4 Å². The van der Waals surface area contributed by atoms with Crippen LogP contribution >= 0.6 is 0 Å². The number of hydrogen-bond acceptors (Lipinski definition) is 1. The Hall–Kier alpha value is -2.28. The van der Waals surface area contributed by atoms with E-state index in [2.05, 4.69) is 86.5 Å². The van der Waals surface area contributed by atoms with Crippen LogP contribution in [0.3, 0.4) is 0 Å². The molecular weight excluding hydrogens is 290 g/mol. The summed E-state index contributed by atoms with van der Waals surface area (Å²) in [5.41, 5.74) is 5.72. The highest BCUT2D eigenvalue weighted by Crippen LogP contribution is 2.50. The molecule has 0 saturated heterocycles. The van der Waals surface area contributed by atoms with Gasteiger partial charge < -0.3 is 4.90 Å². The summed E-state index contributed by atoms with van der Waals surface area (Å²) in [5, 5.41) is 2.68. The number of anilines is 2. The average Bonchev–Trinajstić information content (AvgIpc) is 2.73. The van der Waals surface area contributed by atoms with E-state index in [1.165, 1.54) is 46.1 Å². The van der Waals surface area contributed by atoms with Crippen LogP contribution in [-0.2, 0) is 0 Å². The van der Waals surface area contributed by atoms with Crippen LogP contribution in [0.4, 0.5) is 11.4 Å². The van der Waals surface area contributed by atoms with Crippen molar-refractivity contribution in [1.29, 1.82) is 0 Å². The fourth-order valence-corrected chi connectivity index (χ4v) is 4.51.